The van der Waals surface area contributed by atoms with Crippen LogP contribution in [0, 0.1) is 5.92 Å². The number of carbonyl (C=O) groups excluding carboxylic acids is 1. The minimum Gasteiger partial charge on any atom is -0.449 e. The van der Waals surface area contributed by atoms with E-state index in [0.717, 1.165) is 36.5 Å². The first-order valence-corrected chi connectivity index (χ1v) is 9.39. The SMILES string of the molecule is C[C@@H](O)c1csc(-c2ccccc2NC(=O)OCC2CCNCC2)n1.Cl. The van der Waals surface area contributed by atoms with Gasteiger partial charge >= 0.3 is 6.09 Å². The number of carbonyl (C=O) groups is 1. The molecule has 3 rings (SSSR count). The normalized spacial score (nSPS) is 15.8. The predicted octanol–water partition coefficient (Wildman–Crippen LogP) is 3.83. The Balaban J connectivity index is 0.00000243. The van der Waals surface area contributed by atoms with E-state index in [9.17, 15) is 9.90 Å². The van der Waals surface area contributed by atoms with Crippen LogP contribution in [0.15, 0.2) is 29.6 Å². The quantitative estimate of drug-likeness (QED) is 0.714. The first-order chi connectivity index (χ1) is 12.1. The third kappa shape index (κ3) is 5.41. The standard InChI is InChI=1S/C18H23N3O3S.ClH/c1-12(22)16-11-25-17(20-16)14-4-2-3-5-15(14)21-18(23)24-10-13-6-8-19-9-7-13;/h2-5,11-13,19,22H,6-10H2,1H3,(H,21,23);1H/t12-;/m1./s1. The second-order valence-corrected chi connectivity index (χ2v) is 7.07. The van der Waals surface area contributed by atoms with Crippen molar-refractivity contribution in [3.63, 3.8) is 0 Å². The fourth-order valence-corrected chi connectivity index (χ4v) is 3.71. The number of halogens is 1. The summed E-state index contributed by atoms with van der Waals surface area (Å²) in [6, 6.07) is 7.47. The average molecular weight is 398 g/mol. The van der Waals surface area contributed by atoms with Gasteiger partial charge in [0.2, 0.25) is 0 Å². The molecule has 1 aliphatic rings. The molecule has 6 nitrogen and oxygen atoms in total. The van der Waals surface area contributed by atoms with Gasteiger partial charge in [-0.3, -0.25) is 5.32 Å². The van der Waals surface area contributed by atoms with E-state index in [-0.39, 0.29) is 12.4 Å². The molecule has 1 atom stereocenters. The van der Waals surface area contributed by atoms with Gasteiger partial charge in [-0.2, -0.15) is 0 Å². The number of hydrogen-bond acceptors (Lipinski definition) is 6. The highest BCUT2D eigenvalue weighted by molar-refractivity contribution is 7.13. The van der Waals surface area contributed by atoms with Crippen LogP contribution in [-0.2, 0) is 4.74 Å². The van der Waals surface area contributed by atoms with E-state index < -0.39 is 12.2 Å². The molecule has 0 bridgehead atoms. The van der Waals surface area contributed by atoms with Crippen molar-refractivity contribution >= 4 is 35.5 Å². The van der Waals surface area contributed by atoms with Crippen molar-refractivity contribution in [2.45, 2.75) is 25.9 Å². The van der Waals surface area contributed by atoms with E-state index in [2.05, 4.69) is 15.6 Å². The van der Waals surface area contributed by atoms with E-state index in [1.807, 2.05) is 29.6 Å². The van der Waals surface area contributed by atoms with Crippen LogP contribution in [0.25, 0.3) is 10.6 Å². The Bertz CT molecular complexity index is 717. The lowest BCUT2D eigenvalue weighted by atomic mass is 9.99. The van der Waals surface area contributed by atoms with Gasteiger partial charge in [-0.25, -0.2) is 9.78 Å². The van der Waals surface area contributed by atoms with E-state index in [1.54, 1.807) is 6.92 Å². The zero-order valence-electron chi connectivity index (χ0n) is 14.6. The van der Waals surface area contributed by atoms with Crippen LogP contribution in [-0.4, -0.2) is 35.9 Å². The summed E-state index contributed by atoms with van der Waals surface area (Å²) in [6.07, 6.45) is 1.01. The Hall–Kier alpha value is -1.67. The van der Waals surface area contributed by atoms with Crippen LogP contribution < -0.4 is 10.6 Å². The van der Waals surface area contributed by atoms with Crippen LogP contribution >= 0.6 is 23.7 Å². The lowest BCUT2D eigenvalue weighted by Crippen LogP contribution is -2.31. The highest BCUT2D eigenvalue weighted by Gasteiger charge is 2.17. The fraction of sp³-hybridized carbons (Fsp3) is 0.444. The molecule has 0 saturated carbocycles. The van der Waals surface area contributed by atoms with Crippen LogP contribution in [0.2, 0.25) is 0 Å². The third-order valence-corrected chi connectivity index (χ3v) is 5.15. The first kappa shape index (κ1) is 20.6. The summed E-state index contributed by atoms with van der Waals surface area (Å²) in [6.45, 7) is 4.09. The topological polar surface area (TPSA) is 83.5 Å². The van der Waals surface area contributed by atoms with Gasteiger partial charge in [-0.1, -0.05) is 12.1 Å². The fourth-order valence-electron chi connectivity index (χ4n) is 2.77. The molecular formula is C18H24ClN3O3S. The molecule has 1 aliphatic heterocycles. The summed E-state index contributed by atoms with van der Waals surface area (Å²) in [4.78, 5) is 16.6. The molecule has 1 aromatic heterocycles. The van der Waals surface area contributed by atoms with Crippen LogP contribution in [0.5, 0.6) is 0 Å². The number of aliphatic hydroxyl groups excluding tert-OH is 1. The summed E-state index contributed by atoms with van der Waals surface area (Å²) in [7, 11) is 0. The number of nitrogens with one attached hydrogen (secondary N) is 2. The van der Waals surface area contributed by atoms with Crippen molar-refractivity contribution in [2.24, 2.45) is 5.92 Å². The minimum absolute atomic E-state index is 0. The zero-order valence-corrected chi connectivity index (χ0v) is 16.2. The lowest BCUT2D eigenvalue weighted by molar-refractivity contribution is 0.131. The minimum atomic E-state index is -0.611. The zero-order chi connectivity index (χ0) is 17.6. The van der Waals surface area contributed by atoms with Crippen molar-refractivity contribution in [3.05, 3.63) is 35.3 Å². The number of benzene rings is 1. The van der Waals surface area contributed by atoms with Gasteiger partial charge in [0.1, 0.15) is 5.01 Å². The number of anilines is 1. The maximum Gasteiger partial charge on any atom is 0.411 e. The number of aromatic nitrogens is 1. The molecule has 142 valence electrons. The van der Waals surface area contributed by atoms with Crippen molar-refractivity contribution in [2.75, 3.05) is 25.0 Å². The number of aliphatic hydroxyl groups is 1. The summed E-state index contributed by atoms with van der Waals surface area (Å²) >= 11 is 1.44. The number of nitrogens with zero attached hydrogens (tertiary/aromatic N) is 1. The molecule has 0 spiro atoms. The number of hydrogen-bond donors (Lipinski definition) is 3. The number of thiazole rings is 1. The number of piperidine rings is 1. The number of rotatable bonds is 5. The maximum absolute atomic E-state index is 12.1. The second kappa shape index (κ2) is 9.87. The first-order valence-electron chi connectivity index (χ1n) is 8.51. The molecule has 1 fully saturated rings. The molecule has 1 amide bonds. The molecule has 1 saturated heterocycles. The van der Waals surface area contributed by atoms with E-state index in [4.69, 9.17) is 4.74 Å². The lowest BCUT2D eigenvalue weighted by Gasteiger charge is -2.22. The Labute approximate surface area is 163 Å². The Morgan fingerprint density at radius 2 is 2.15 bits per heavy atom. The summed E-state index contributed by atoms with van der Waals surface area (Å²) in [5, 5.41) is 18.3. The highest BCUT2D eigenvalue weighted by atomic mass is 35.5. The molecule has 0 aliphatic carbocycles. The van der Waals surface area contributed by atoms with Gasteiger partial charge in [0.15, 0.2) is 0 Å². The second-order valence-electron chi connectivity index (χ2n) is 6.22. The molecule has 0 radical (unpaired) electrons. The Morgan fingerprint density at radius 1 is 1.42 bits per heavy atom. The van der Waals surface area contributed by atoms with Crippen molar-refractivity contribution in [3.8, 4) is 10.6 Å². The van der Waals surface area contributed by atoms with Crippen molar-refractivity contribution in [1.82, 2.24) is 10.3 Å². The van der Waals surface area contributed by atoms with Gasteiger partial charge in [0, 0.05) is 10.9 Å². The van der Waals surface area contributed by atoms with Crippen molar-refractivity contribution < 1.29 is 14.6 Å². The molecule has 26 heavy (non-hydrogen) atoms. The maximum atomic E-state index is 12.1. The molecular weight excluding hydrogens is 374 g/mol. The van der Waals surface area contributed by atoms with Gasteiger partial charge in [-0.15, -0.1) is 23.7 Å². The van der Waals surface area contributed by atoms with Crippen LogP contribution in [0.4, 0.5) is 10.5 Å². The van der Waals surface area contributed by atoms with E-state index in [1.165, 1.54) is 11.3 Å². The summed E-state index contributed by atoms with van der Waals surface area (Å²) in [5.41, 5.74) is 2.10. The molecule has 1 aromatic carbocycles. The summed E-state index contributed by atoms with van der Waals surface area (Å²) in [5.74, 6) is 0.426. The van der Waals surface area contributed by atoms with E-state index in [0.29, 0.717) is 23.9 Å². The number of amides is 1. The van der Waals surface area contributed by atoms with Gasteiger partial charge in [0.25, 0.3) is 0 Å². The summed E-state index contributed by atoms with van der Waals surface area (Å²) < 4.78 is 5.38. The van der Waals surface area contributed by atoms with Gasteiger partial charge in [-0.05, 0) is 50.9 Å². The predicted molar refractivity (Wildman–Crippen MR) is 106 cm³/mol. The number of para-hydroxylation sites is 1. The monoisotopic (exact) mass is 397 g/mol. The van der Waals surface area contributed by atoms with Gasteiger partial charge in [0.05, 0.1) is 24.1 Å². The molecule has 2 heterocycles. The number of ether oxygens (including phenoxy) is 1. The highest BCUT2D eigenvalue weighted by Crippen LogP contribution is 2.32. The molecule has 2 aromatic rings. The Morgan fingerprint density at radius 3 is 2.85 bits per heavy atom. The molecule has 8 heteroatoms. The third-order valence-electron chi connectivity index (χ3n) is 4.25. The van der Waals surface area contributed by atoms with Crippen LogP contribution in [0.1, 0.15) is 31.6 Å². The Kier molecular flexibility index (Phi) is 7.84. The molecule has 0 unspecified atom stereocenters. The largest absolute Gasteiger partial charge is 0.449 e. The van der Waals surface area contributed by atoms with Crippen molar-refractivity contribution in [1.29, 1.82) is 0 Å². The van der Waals surface area contributed by atoms with Crippen LogP contribution in [0.3, 0.4) is 0 Å². The van der Waals surface area contributed by atoms with Gasteiger partial charge < -0.3 is 15.2 Å². The van der Waals surface area contributed by atoms with E-state index >= 15 is 0 Å². The average Bonchev–Trinajstić information content (AvgIpc) is 3.12. The molecule has 3 N–H and O–H groups in total. The smallest absolute Gasteiger partial charge is 0.411 e.